The maximum atomic E-state index is 12.4. The van der Waals surface area contributed by atoms with Crippen LogP contribution in [0.2, 0.25) is 0 Å². The minimum Gasteiger partial charge on any atom is -0.507 e. The first kappa shape index (κ1) is 14.7. The van der Waals surface area contributed by atoms with E-state index in [9.17, 15) is 9.90 Å². The molecular formula is C15H16BrNO3. The molecule has 106 valence electrons. The fourth-order valence-corrected chi connectivity index (χ4v) is 2.26. The highest BCUT2D eigenvalue weighted by atomic mass is 79.9. The fourth-order valence-electron chi connectivity index (χ4n) is 1.92. The SMILES string of the molecule is CCc1ccc(O)c(C(=O)N(C)Cc2ccc(Br)o2)c1. The highest BCUT2D eigenvalue weighted by Gasteiger charge is 2.17. The normalized spacial score (nSPS) is 10.6. The lowest BCUT2D eigenvalue weighted by atomic mass is 10.1. The maximum Gasteiger partial charge on any atom is 0.257 e. The number of amides is 1. The fraction of sp³-hybridized carbons (Fsp3) is 0.267. The Labute approximate surface area is 126 Å². The van der Waals surface area contributed by atoms with Gasteiger partial charge in [0.15, 0.2) is 4.67 Å². The monoisotopic (exact) mass is 337 g/mol. The van der Waals surface area contributed by atoms with Gasteiger partial charge in [-0.15, -0.1) is 0 Å². The molecule has 20 heavy (non-hydrogen) atoms. The summed E-state index contributed by atoms with van der Waals surface area (Å²) in [5.74, 6) is 0.448. The van der Waals surface area contributed by atoms with E-state index < -0.39 is 0 Å². The van der Waals surface area contributed by atoms with Crippen molar-refractivity contribution in [2.45, 2.75) is 19.9 Å². The van der Waals surface area contributed by atoms with E-state index in [0.717, 1.165) is 12.0 Å². The summed E-state index contributed by atoms with van der Waals surface area (Å²) in [5, 5.41) is 9.84. The minimum absolute atomic E-state index is 0.000301. The van der Waals surface area contributed by atoms with E-state index >= 15 is 0 Å². The third-order valence-corrected chi connectivity index (χ3v) is 3.49. The number of aromatic hydroxyl groups is 1. The predicted molar refractivity (Wildman–Crippen MR) is 79.7 cm³/mol. The third-order valence-electron chi connectivity index (χ3n) is 3.07. The van der Waals surface area contributed by atoms with Gasteiger partial charge in [-0.3, -0.25) is 4.79 Å². The topological polar surface area (TPSA) is 53.7 Å². The summed E-state index contributed by atoms with van der Waals surface area (Å²) in [6, 6.07) is 8.68. The van der Waals surface area contributed by atoms with Crippen LogP contribution in [-0.4, -0.2) is 23.0 Å². The molecule has 0 unspecified atom stereocenters. The Morgan fingerprint density at radius 3 is 2.70 bits per heavy atom. The first-order valence-electron chi connectivity index (χ1n) is 6.32. The molecule has 0 bridgehead atoms. The zero-order chi connectivity index (χ0) is 14.7. The number of furan rings is 1. The maximum absolute atomic E-state index is 12.4. The summed E-state index contributed by atoms with van der Waals surface area (Å²) < 4.78 is 6.00. The number of phenolic OH excluding ortho intramolecular Hbond substituents is 1. The molecule has 4 nitrogen and oxygen atoms in total. The first-order chi connectivity index (χ1) is 9.51. The van der Waals surface area contributed by atoms with E-state index in [1.807, 2.05) is 13.0 Å². The number of hydrogen-bond donors (Lipinski definition) is 1. The molecule has 0 spiro atoms. The van der Waals surface area contributed by atoms with Crippen LogP contribution < -0.4 is 0 Å². The van der Waals surface area contributed by atoms with Gasteiger partial charge in [0, 0.05) is 7.05 Å². The van der Waals surface area contributed by atoms with Gasteiger partial charge in [-0.25, -0.2) is 0 Å². The Bertz CT molecular complexity index is 621. The molecule has 2 rings (SSSR count). The molecule has 1 amide bonds. The number of halogens is 1. The minimum atomic E-state index is -0.231. The van der Waals surface area contributed by atoms with Gasteiger partial charge in [-0.2, -0.15) is 0 Å². The van der Waals surface area contributed by atoms with Crippen molar-refractivity contribution >= 4 is 21.8 Å². The van der Waals surface area contributed by atoms with Crippen molar-refractivity contribution in [2.24, 2.45) is 0 Å². The molecule has 0 aliphatic carbocycles. The van der Waals surface area contributed by atoms with Gasteiger partial charge in [-0.1, -0.05) is 13.0 Å². The number of benzene rings is 1. The lowest BCUT2D eigenvalue weighted by Gasteiger charge is -2.17. The van der Waals surface area contributed by atoms with E-state index in [-0.39, 0.29) is 11.7 Å². The number of carbonyl (C=O) groups is 1. The molecule has 0 saturated heterocycles. The molecule has 0 aliphatic rings. The first-order valence-corrected chi connectivity index (χ1v) is 7.12. The molecule has 0 aliphatic heterocycles. The molecule has 1 aromatic heterocycles. The summed E-state index contributed by atoms with van der Waals surface area (Å²) in [4.78, 5) is 13.9. The Kier molecular flexibility index (Phi) is 4.49. The van der Waals surface area contributed by atoms with Crippen molar-refractivity contribution in [3.05, 3.63) is 51.9 Å². The molecule has 1 aromatic carbocycles. The van der Waals surface area contributed by atoms with Gasteiger partial charge < -0.3 is 14.4 Å². The largest absolute Gasteiger partial charge is 0.507 e. The van der Waals surface area contributed by atoms with Crippen molar-refractivity contribution in [1.82, 2.24) is 4.90 Å². The Balaban J connectivity index is 2.17. The number of phenols is 1. The highest BCUT2D eigenvalue weighted by Crippen LogP contribution is 2.22. The van der Waals surface area contributed by atoms with E-state index in [1.165, 1.54) is 4.90 Å². The third kappa shape index (κ3) is 3.22. The van der Waals surface area contributed by atoms with Gasteiger partial charge >= 0.3 is 0 Å². The molecule has 2 aromatic rings. The average Bonchev–Trinajstić information content (AvgIpc) is 2.84. The summed E-state index contributed by atoms with van der Waals surface area (Å²) in [6.07, 6.45) is 0.815. The molecule has 0 fully saturated rings. The molecule has 5 heteroatoms. The van der Waals surface area contributed by atoms with Crippen LogP contribution in [0.4, 0.5) is 0 Å². The van der Waals surface area contributed by atoms with Crippen LogP contribution in [-0.2, 0) is 13.0 Å². The second-order valence-electron chi connectivity index (χ2n) is 4.57. The number of hydrogen-bond acceptors (Lipinski definition) is 3. The van der Waals surface area contributed by atoms with Gasteiger partial charge in [0.05, 0.1) is 12.1 Å². The van der Waals surface area contributed by atoms with E-state index in [0.29, 0.717) is 22.5 Å². The second kappa shape index (κ2) is 6.13. The quantitative estimate of drug-likeness (QED) is 0.927. The van der Waals surface area contributed by atoms with Gasteiger partial charge in [0.1, 0.15) is 11.5 Å². The smallest absolute Gasteiger partial charge is 0.257 e. The Hall–Kier alpha value is -1.75. The van der Waals surface area contributed by atoms with Crippen LogP contribution in [0, 0.1) is 0 Å². The molecular weight excluding hydrogens is 322 g/mol. The number of aryl methyl sites for hydroxylation is 1. The summed E-state index contributed by atoms with van der Waals surface area (Å²) >= 11 is 3.22. The Morgan fingerprint density at radius 2 is 2.10 bits per heavy atom. The number of nitrogens with zero attached hydrogens (tertiary/aromatic N) is 1. The van der Waals surface area contributed by atoms with Gasteiger partial charge in [0.25, 0.3) is 5.91 Å². The molecule has 0 atom stereocenters. The van der Waals surface area contributed by atoms with Crippen LogP contribution in [0.3, 0.4) is 0 Å². The standard InChI is InChI=1S/C15H16BrNO3/c1-3-10-4-6-13(18)12(8-10)15(19)17(2)9-11-5-7-14(16)20-11/h4-8,18H,3,9H2,1-2H3. The molecule has 1 N–H and O–H groups in total. The van der Waals surface area contributed by atoms with E-state index in [2.05, 4.69) is 15.9 Å². The zero-order valence-corrected chi connectivity index (χ0v) is 13.0. The highest BCUT2D eigenvalue weighted by molar-refractivity contribution is 9.10. The summed E-state index contributed by atoms with van der Waals surface area (Å²) in [7, 11) is 1.68. The summed E-state index contributed by atoms with van der Waals surface area (Å²) in [5.41, 5.74) is 1.33. The van der Waals surface area contributed by atoms with Crippen molar-refractivity contribution in [2.75, 3.05) is 7.05 Å². The van der Waals surface area contributed by atoms with E-state index in [4.69, 9.17) is 4.42 Å². The van der Waals surface area contributed by atoms with Crippen LogP contribution >= 0.6 is 15.9 Å². The van der Waals surface area contributed by atoms with Crippen molar-refractivity contribution < 1.29 is 14.3 Å². The van der Waals surface area contributed by atoms with Crippen LogP contribution in [0.15, 0.2) is 39.4 Å². The van der Waals surface area contributed by atoms with Gasteiger partial charge in [0.2, 0.25) is 0 Å². The second-order valence-corrected chi connectivity index (χ2v) is 5.35. The number of rotatable bonds is 4. The number of carbonyl (C=O) groups excluding carboxylic acids is 1. The lowest BCUT2D eigenvalue weighted by Crippen LogP contribution is -2.26. The molecule has 0 saturated carbocycles. The van der Waals surface area contributed by atoms with Gasteiger partial charge in [-0.05, 0) is 52.2 Å². The van der Waals surface area contributed by atoms with Crippen molar-refractivity contribution in [1.29, 1.82) is 0 Å². The zero-order valence-electron chi connectivity index (χ0n) is 11.4. The predicted octanol–water partition coefficient (Wildman–Crippen LogP) is 3.58. The lowest BCUT2D eigenvalue weighted by molar-refractivity contribution is 0.0772. The van der Waals surface area contributed by atoms with Crippen LogP contribution in [0.5, 0.6) is 5.75 Å². The van der Waals surface area contributed by atoms with Crippen LogP contribution in [0.25, 0.3) is 0 Å². The molecule has 1 heterocycles. The van der Waals surface area contributed by atoms with Crippen molar-refractivity contribution in [3.8, 4) is 5.75 Å². The van der Waals surface area contributed by atoms with Crippen molar-refractivity contribution in [3.63, 3.8) is 0 Å². The molecule has 0 radical (unpaired) electrons. The van der Waals surface area contributed by atoms with Crippen LogP contribution in [0.1, 0.15) is 28.6 Å². The Morgan fingerprint density at radius 1 is 1.35 bits per heavy atom. The summed E-state index contributed by atoms with van der Waals surface area (Å²) in [6.45, 7) is 2.35. The van der Waals surface area contributed by atoms with E-state index in [1.54, 1.807) is 31.3 Å². The average molecular weight is 338 g/mol.